The largest absolute Gasteiger partial charge is 0.491 e. The third-order valence-electron chi connectivity index (χ3n) is 4.95. The molecule has 0 aromatic heterocycles. The molecule has 1 aromatic rings. The molecule has 0 bridgehead atoms. The van der Waals surface area contributed by atoms with Gasteiger partial charge in [-0.15, -0.1) is 0 Å². The molecule has 0 aliphatic heterocycles. The number of rotatable bonds is 33. The van der Waals surface area contributed by atoms with Crippen LogP contribution >= 0.6 is 0 Å². The third-order valence-corrected chi connectivity index (χ3v) is 4.95. The van der Waals surface area contributed by atoms with Crippen molar-refractivity contribution in [2.45, 2.75) is 0 Å². The Bertz CT molecular complexity index is 646. The predicted molar refractivity (Wildman–Crippen MR) is 151 cm³/mol. The number of hydrogen-bond donors (Lipinski definition) is 1. The van der Waals surface area contributed by atoms with Crippen molar-refractivity contribution in [3.05, 3.63) is 24.3 Å². The number of anilines is 1. The highest BCUT2D eigenvalue weighted by Crippen LogP contribution is 2.12. The quantitative estimate of drug-likeness (QED) is 0.0940. The molecule has 0 saturated heterocycles. The highest BCUT2D eigenvalue weighted by atomic mass is 19.1. The summed E-state index contributed by atoms with van der Waals surface area (Å²) in [6, 6.07) is 7.25. The van der Waals surface area contributed by atoms with Crippen LogP contribution in [0, 0.1) is 0 Å². The maximum Gasteiger partial charge on any atom is 0.119 e. The first-order valence-corrected chi connectivity index (χ1v) is 14.1. The van der Waals surface area contributed by atoms with Gasteiger partial charge in [0.25, 0.3) is 0 Å². The second kappa shape index (κ2) is 31.3. The van der Waals surface area contributed by atoms with Crippen LogP contribution in [0.4, 0.5) is 10.1 Å². The van der Waals surface area contributed by atoms with Crippen molar-refractivity contribution in [3.63, 3.8) is 0 Å². The molecule has 0 saturated carbocycles. The lowest BCUT2D eigenvalue weighted by Crippen LogP contribution is -2.15. The maximum atomic E-state index is 11.8. The van der Waals surface area contributed by atoms with E-state index in [0.29, 0.717) is 138 Å². The van der Waals surface area contributed by atoms with Gasteiger partial charge in [0.15, 0.2) is 0 Å². The Morgan fingerprint density at radius 2 is 0.610 bits per heavy atom. The van der Waals surface area contributed by atoms with Gasteiger partial charge in [-0.25, -0.2) is 4.39 Å². The van der Waals surface area contributed by atoms with E-state index in [0.717, 1.165) is 5.75 Å². The summed E-state index contributed by atoms with van der Waals surface area (Å²) in [5.41, 5.74) is 6.34. The second-order valence-corrected chi connectivity index (χ2v) is 8.23. The van der Waals surface area contributed by atoms with Crippen LogP contribution in [-0.2, 0) is 47.4 Å². The molecule has 1 rings (SSSR count). The average Bonchev–Trinajstić information content (AvgIpc) is 2.98. The molecule has 0 spiro atoms. The minimum Gasteiger partial charge on any atom is -0.491 e. The highest BCUT2D eigenvalue weighted by molar-refractivity contribution is 5.41. The van der Waals surface area contributed by atoms with Crippen molar-refractivity contribution in [2.75, 3.05) is 151 Å². The van der Waals surface area contributed by atoms with Gasteiger partial charge in [-0.3, -0.25) is 0 Å². The highest BCUT2D eigenvalue weighted by Gasteiger charge is 1.97. The van der Waals surface area contributed by atoms with Gasteiger partial charge >= 0.3 is 0 Å². The van der Waals surface area contributed by atoms with Crippen molar-refractivity contribution < 1.29 is 56.5 Å². The number of nitrogen functional groups attached to an aromatic ring is 1. The molecule has 13 heteroatoms. The molecule has 1 aromatic carbocycles. The fraction of sp³-hybridized carbons (Fsp3) is 0.786. The molecular weight excluding hydrogens is 545 g/mol. The summed E-state index contributed by atoms with van der Waals surface area (Å²) >= 11 is 0. The van der Waals surface area contributed by atoms with E-state index in [1.54, 1.807) is 12.1 Å². The lowest BCUT2D eigenvalue weighted by Gasteiger charge is -2.09. The van der Waals surface area contributed by atoms with Crippen molar-refractivity contribution in [1.29, 1.82) is 0 Å². The van der Waals surface area contributed by atoms with E-state index in [-0.39, 0.29) is 6.61 Å². The smallest absolute Gasteiger partial charge is 0.119 e. The standard InChI is InChI=1S/C28H50FNO11/c29-5-6-31-7-8-32-9-10-33-11-12-34-13-14-35-15-16-36-17-18-37-19-20-38-21-22-39-23-24-40-25-26-41-28-3-1-27(30)2-4-28/h1-4H,5-26,30H2. The van der Waals surface area contributed by atoms with Crippen LogP contribution in [0.2, 0.25) is 0 Å². The van der Waals surface area contributed by atoms with Gasteiger partial charge in [0.1, 0.15) is 19.0 Å². The number of hydrogen-bond acceptors (Lipinski definition) is 12. The third kappa shape index (κ3) is 28.3. The average molecular weight is 596 g/mol. The summed E-state index contributed by atoms with van der Waals surface area (Å²) in [5, 5.41) is 0. The van der Waals surface area contributed by atoms with Crippen LogP contribution in [0.5, 0.6) is 5.75 Å². The molecule has 0 amide bonds. The molecule has 0 aliphatic rings. The zero-order valence-corrected chi connectivity index (χ0v) is 24.3. The predicted octanol–water partition coefficient (Wildman–Crippen LogP) is 1.78. The van der Waals surface area contributed by atoms with Gasteiger partial charge in [0, 0.05) is 5.69 Å². The second-order valence-electron chi connectivity index (χ2n) is 8.23. The van der Waals surface area contributed by atoms with Gasteiger partial charge in [0.2, 0.25) is 0 Å². The SMILES string of the molecule is Nc1ccc(OCCOCCOCCOCCOCCOCCOCCOCCOCCOCCOCCF)cc1. The summed E-state index contributed by atoms with van der Waals surface area (Å²) in [7, 11) is 0. The van der Waals surface area contributed by atoms with E-state index < -0.39 is 6.67 Å². The summed E-state index contributed by atoms with van der Waals surface area (Å²) < 4.78 is 71.1. The van der Waals surface area contributed by atoms with E-state index in [1.165, 1.54) is 0 Å². The Morgan fingerprint density at radius 3 is 0.878 bits per heavy atom. The van der Waals surface area contributed by atoms with Gasteiger partial charge < -0.3 is 57.8 Å². The van der Waals surface area contributed by atoms with E-state index in [2.05, 4.69) is 0 Å². The van der Waals surface area contributed by atoms with Crippen molar-refractivity contribution in [2.24, 2.45) is 0 Å². The van der Waals surface area contributed by atoms with Crippen LogP contribution < -0.4 is 10.5 Å². The Labute approximate surface area is 243 Å². The molecule has 0 atom stereocenters. The zero-order valence-electron chi connectivity index (χ0n) is 24.3. The van der Waals surface area contributed by atoms with Crippen molar-refractivity contribution in [1.82, 2.24) is 0 Å². The van der Waals surface area contributed by atoms with Gasteiger partial charge in [-0.1, -0.05) is 0 Å². The number of ether oxygens (including phenoxy) is 11. The van der Waals surface area contributed by atoms with Crippen LogP contribution in [0.1, 0.15) is 0 Å². The lowest BCUT2D eigenvalue weighted by molar-refractivity contribution is -0.0268. The van der Waals surface area contributed by atoms with E-state index in [1.807, 2.05) is 12.1 Å². The maximum absolute atomic E-state index is 11.8. The fourth-order valence-electron chi connectivity index (χ4n) is 2.92. The molecule has 2 N–H and O–H groups in total. The van der Waals surface area contributed by atoms with E-state index in [9.17, 15) is 4.39 Å². The van der Waals surface area contributed by atoms with Crippen LogP contribution in [-0.4, -0.2) is 145 Å². The summed E-state index contributed by atoms with van der Waals surface area (Å²) in [5.74, 6) is 0.769. The molecule has 0 aliphatic carbocycles. The Balaban J connectivity index is 1.63. The minimum atomic E-state index is -0.475. The van der Waals surface area contributed by atoms with Crippen LogP contribution in [0.25, 0.3) is 0 Å². The number of nitrogens with two attached hydrogens (primary N) is 1. The summed E-state index contributed by atoms with van der Waals surface area (Å²) in [6.07, 6.45) is 0. The number of benzene rings is 1. The Morgan fingerprint density at radius 1 is 0.366 bits per heavy atom. The van der Waals surface area contributed by atoms with E-state index in [4.69, 9.17) is 57.8 Å². The molecule has 240 valence electrons. The van der Waals surface area contributed by atoms with Crippen molar-refractivity contribution >= 4 is 5.69 Å². The first-order chi connectivity index (χ1) is 20.3. The van der Waals surface area contributed by atoms with E-state index >= 15 is 0 Å². The van der Waals surface area contributed by atoms with Crippen molar-refractivity contribution in [3.8, 4) is 5.75 Å². The fourth-order valence-corrected chi connectivity index (χ4v) is 2.92. The first-order valence-electron chi connectivity index (χ1n) is 14.1. The molecule has 41 heavy (non-hydrogen) atoms. The Kier molecular flexibility index (Phi) is 28.5. The first kappa shape index (κ1) is 37.4. The number of alkyl halides is 1. The van der Waals surface area contributed by atoms with Crippen LogP contribution in [0.15, 0.2) is 24.3 Å². The van der Waals surface area contributed by atoms with Gasteiger partial charge in [-0.05, 0) is 24.3 Å². The normalized spacial score (nSPS) is 11.3. The molecule has 0 unspecified atom stereocenters. The summed E-state index contributed by atoms with van der Waals surface area (Å²) in [6.45, 7) is 9.37. The molecule has 12 nitrogen and oxygen atoms in total. The molecule has 0 radical (unpaired) electrons. The van der Waals surface area contributed by atoms with Crippen LogP contribution in [0.3, 0.4) is 0 Å². The Hall–Kier alpha value is -1.65. The monoisotopic (exact) mass is 595 g/mol. The molecule has 0 heterocycles. The minimum absolute atomic E-state index is 0.113. The zero-order chi connectivity index (χ0) is 29.3. The topological polar surface area (TPSA) is 128 Å². The van der Waals surface area contributed by atoms with Gasteiger partial charge in [-0.2, -0.15) is 0 Å². The summed E-state index contributed by atoms with van der Waals surface area (Å²) in [4.78, 5) is 0. The number of halogens is 1. The lowest BCUT2D eigenvalue weighted by atomic mass is 10.3. The van der Waals surface area contributed by atoms with Gasteiger partial charge in [0.05, 0.1) is 132 Å². The molecule has 0 fully saturated rings. The molecular formula is C28H50FNO11.